The standard InChI is InChI=1S/C10H13IO7S2/c1-6-3-7(2)9(19-18-17-13)4-8(6)16-20(14,15)10(12)5-11/h3-4,10,12-13H,5H2,1-2H3. The van der Waals surface area contributed by atoms with Gasteiger partial charge in [-0.15, -0.1) is 4.33 Å². The highest BCUT2D eigenvalue weighted by atomic mass is 127. The zero-order valence-corrected chi connectivity index (χ0v) is 14.4. The highest BCUT2D eigenvalue weighted by Gasteiger charge is 2.25. The van der Waals surface area contributed by atoms with Crippen molar-refractivity contribution in [1.82, 2.24) is 0 Å². The van der Waals surface area contributed by atoms with Gasteiger partial charge in [-0.1, -0.05) is 33.7 Å². The van der Waals surface area contributed by atoms with E-state index in [-0.39, 0.29) is 10.2 Å². The van der Waals surface area contributed by atoms with Crippen LogP contribution in [0.4, 0.5) is 0 Å². The molecule has 0 aliphatic carbocycles. The molecule has 0 aliphatic heterocycles. The predicted molar refractivity (Wildman–Crippen MR) is 81.0 cm³/mol. The summed E-state index contributed by atoms with van der Waals surface area (Å²) < 4.78 is 32.6. The number of aliphatic hydroxyl groups excluding tert-OH is 1. The van der Waals surface area contributed by atoms with E-state index in [0.717, 1.165) is 5.56 Å². The summed E-state index contributed by atoms with van der Waals surface area (Å²) in [4.78, 5) is 0.499. The molecular formula is C10H13IO7S2. The van der Waals surface area contributed by atoms with Gasteiger partial charge in [0.1, 0.15) is 5.75 Å². The minimum Gasteiger partial charge on any atom is -0.380 e. The second kappa shape index (κ2) is 7.77. The van der Waals surface area contributed by atoms with Crippen LogP contribution >= 0.6 is 34.6 Å². The van der Waals surface area contributed by atoms with E-state index >= 15 is 0 Å². The molecule has 1 atom stereocenters. The minimum absolute atomic E-state index is 0.00588. The molecule has 1 rings (SSSR count). The maximum Gasteiger partial charge on any atom is 0.337 e. The van der Waals surface area contributed by atoms with E-state index in [2.05, 4.69) is 9.37 Å². The van der Waals surface area contributed by atoms with Crippen molar-refractivity contribution < 1.29 is 32.3 Å². The van der Waals surface area contributed by atoms with Gasteiger partial charge in [-0.25, -0.2) is 5.26 Å². The van der Waals surface area contributed by atoms with Gasteiger partial charge in [-0.3, -0.25) is 0 Å². The molecule has 114 valence electrons. The molecule has 0 amide bonds. The first-order chi connectivity index (χ1) is 9.31. The fourth-order valence-electron chi connectivity index (χ4n) is 1.30. The third kappa shape index (κ3) is 4.72. The highest BCUT2D eigenvalue weighted by molar-refractivity contribution is 14.1. The van der Waals surface area contributed by atoms with Crippen molar-refractivity contribution in [3.8, 4) is 5.75 Å². The number of hydrogen-bond donors (Lipinski definition) is 2. The van der Waals surface area contributed by atoms with Crippen LogP contribution < -0.4 is 4.18 Å². The molecule has 1 aromatic rings. The number of benzene rings is 1. The number of rotatable bonds is 7. The Morgan fingerprint density at radius 3 is 2.55 bits per heavy atom. The van der Waals surface area contributed by atoms with Gasteiger partial charge in [0, 0.05) is 9.32 Å². The predicted octanol–water partition coefficient (Wildman–Crippen LogP) is 2.19. The van der Waals surface area contributed by atoms with Crippen LogP contribution in [0.1, 0.15) is 11.1 Å². The van der Waals surface area contributed by atoms with Gasteiger partial charge < -0.3 is 9.29 Å². The number of alkyl halides is 1. The fourth-order valence-corrected chi connectivity index (χ4v) is 3.77. The zero-order valence-electron chi connectivity index (χ0n) is 10.6. The Morgan fingerprint density at radius 1 is 1.35 bits per heavy atom. The normalized spacial score (nSPS) is 13.2. The molecule has 0 heterocycles. The van der Waals surface area contributed by atoms with E-state index in [9.17, 15) is 13.5 Å². The monoisotopic (exact) mass is 436 g/mol. The lowest BCUT2D eigenvalue weighted by Gasteiger charge is -2.14. The van der Waals surface area contributed by atoms with Crippen LogP contribution in [0.2, 0.25) is 0 Å². The zero-order chi connectivity index (χ0) is 15.3. The summed E-state index contributed by atoms with van der Waals surface area (Å²) in [6.07, 6.45) is 0. The molecule has 0 fully saturated rings. The van der Waals surface area contributed by atoms with Crippen molar-refractivity contribution in [1.29, 1.82) is 0 Å². The molecular weight excluding hydrogens is 423 g/mol. The fraction of sp³-hybridized carbons (Fsp3) is 0.400. The number of aliphatic hydroxyl groups is 1. The summed E-state index contributed by atoms with van der Waals surface area (Å²) in [5, 5.41) is 21.0. The first-order valence-corrected chi connectivity index (χ1v) is 8.99. The Balaban J connectivity index is 3.06. The van der Waals surface area contributed by atoms with E-state index in [1.54, 1.807) is 42.5 Å². The summed E-state index contributed by atoms with van der Waals surface area (Å²) >= 11 is 2.44. The third-order valence-corrected chi connectivity index (χ3v) is 5.72. The molecule has 1 unspecified atom stereocenters. The van der Waals surface area contributed by atoms with Crippen LogP contribution in [0.15, 0.2) is 17.0 Å². The second-order valence-electron chi connectivity index (χ2n) is 3.79. The highest BCUT2D eigenvalue weighted by Crippen LogP contribution is 2.31. The lowest BCUT2D eigenvalue weighted by molar-refractivity contribution is -0.432. The Labute approximate surface area is 134 Å². The Bertz CT molecular complexity index is 561. The molecule has 10 heteroatoms. The van der Waals surface area contributed by atoms with E-state index in [1.165, 1.54) is 6.07 Å². The van der Waals surface area contributed by atoms with Gasteiger partial charge in [0.15, 0.2) is 0 Å². The smallest absolute Gasteiger partial charge is 0.337 e. The van der Waals surface area contributed by atoms with Crippen LogP contribution in [-0.4, -0.2) is 28.6 Å². The average molecular weight is 436 g/mol. The summed E-state index contributed by atoms with van der Waals surface area (Å²) in [7, 11) is -4.12. The SMILES string of the molecule is Cc1cc(C)c(SOOO)cc1OS(=O)(=O)C(O)CI. The molecule has 7 nitrogen and oxygen atoms in total. The molecule has 0 aromatic heterocycles. The molecule has 0 bridgehead atoms. The van der Waals surface area contributed by atoms with E-state index in [0.29, 0.717) is 22.5 Å². The maximum absolute atomic E-state index is 11.7. The van der Waals surface area contributed by atoms with Crippen LogP contribution in [0.5, 0.6) is 5.75 Å². The van der Waals surface area contributed by atoms with Crippen molar-refractivity contribution >= 4 is 44.8 Å². The van der Waals surface area contributed by atoms with Gasteiger partial charge in [0.25, 0.3) is 0 Å². The molecule has 0 aliphatic rings. The Kier molecular flexibility index (Phi) is 6.97. The van der Waals surface area contributed by atoms with Crippen molar-refractivity contribution in [3.05, 3.63) is 23.3 Å². The molecule has 0 saturated heterocycles. The number of halogens is 1. The second-order valence-corrected chi connectivity index (χ2v) is 7.11. The van der Waals surface area contributed by atoms with Crippen molar-refractivity contribution in [3.63, 3.8) is 0 Å². The van der Waals surface area contributed by atoms with Gasteiger partial charge in [-0.2, -0.15) is 8.42 Å². The van der Waals surface area contributed by atoms with E-state index in [4.69, 9.17) is 9.44 Å². The maximum atomic E-state index is 11.7. The lowest BCUT2D eigenvalue weighted by atomic mass is 10.1. The molecule has 0 spiro atoms. The number of hydrogen-bond acceptors (Lipinski definition) is 8. The molecule has 0 radical (unpaired) electrons. The summed E-state index contributed by atoms with van der Waals surface area (Å²) in [5.41, 5.74) is -0.235. The first kappa shape index (κ1) is 17.9. The quantitative estimate of drug-likeness (QED) is 0.168. The van der Waals surface area contributed by atoms with Crippen LogP contribution in [0, 0.1) is 13.8 Å². The first-order valence-electron chi connectivity index (χ1n) is 5.25. The summed E-state index contributed by atoms with van der Waals surface area (Å²) in [6, 6.07) is 3.11. The van der Waals surface area contributed by atoms with E-state index in [1.807, 2.05) is 0 Å². The van der Waals surface area contributed by atoms with Gasteiger partial charge in [0.05, 0.1) is 12.0 Å². The third-order valence-electron chi connectivity index (χ3n) is 2.30. The Hall–Kier alpha value is -0.110. The molecule has 20 heavy (non-hydrogen) atoms. The molecule has 2 N–H and O–H groups in total. The van der Waals surface area contributed by atoms with Crippen LogP contribution in [0.25, 0.3) is 0 Å². The topological polar surface area (TPSA) is 102 Å². The van der Waals surface area contributed by atoms with Crippen LogP contribution in [-0.2, 0) is 19.5 Å². The van der Waals surface area contributed by atoms with Crippen LogP contribution in [0.3, 0.4) is 0 Å². The van der Waals surface area contributed by atoms with Gasteiger partial charge >= 0.3 is 10.1 Å². The lowest BCUT2D eigenvalue weighted by Crippen LogP contribution is -2.27. The van der Waals surface area contributed by atoms with Gasteiger partial charge in [-0.05, 0) is 31.0 Å². The Morgan fingerprint density at radius 2 is 2.00 bits per heavy atom. The van der Waals surface area contributed by atoms with Crippen molar-refractivity contribution in [2.45, 2.75) is 24.2 Å². The largest absolute Gasteiger partial charge is 0.380 e. The van der Waals surface area contributed by atoms with E-state index < -0.39 is 15.6 Å². The minimum atomic E-state index is -4.12. The van der Waals surface area contributed by atoms with Crippen molar-refractivity contribution in [2.75, 3.05) is 4.43 Å². The molecule has 1 aromatic carbocycles. The average Bonchev–Trinajstić information content (AvgIpc) is 2.39. The summed E-state index contributed by atoms with van der Waals surface area (Å²) in [5.74, 6) is 0.0727. The van der Waals surface area contributed by atoms with Crippen molar-refractivity contribution in [2.24, 2.45) is 0 Å². The van der Waals surface area contributed by atoms with Gasteiger partial charge in [0.2, 0.25) is 5.44 Å². The molecule has 0 saturated carbocycles. The summed E-state index contributed by atoms with van der Waals surface area (Å²) in [6.45, 7) is 3.44. The number of aryl methyl sites for hydroxylation is 2.